The number of amides is 3. The Labute approximate surface area is 220 Å². The van der Waals surface area contributed by atoms with Crippen molar-refractivity contribution in [3.05, 3.63) is 106 Å². The Morgan fingerprint density at radius 3 is 2.16 bits per heavy atom. The van der Waals surface area contributed by atoms with Gasteiger partial charge in [0.05, 0.1) is 11.3 Å². The molecule has 10 heteroatoms. The number of hydrogen-bond donors (Lipinski definition) is 3. The number of benzene rings is 3. The van der Waals surface area contributed by atoms with Gasteiger partial charge in [-0.1, -0.05) is 60.7 Å². The monoisotopic (exact) mass is 518 g/mol. The third-order valence-electron chi connectivity index (χ3n) is 5.62. The van der Waals surface area contributed by atoms with Gasteiger partial charge < -0.3 is 20.7 Å². The van der Waals surface area contributed by atoms with Gasteiger partial charge in [-0.2, -0.15) is 0 Å². The van der Waals surface area contributed by atoms with E-state index in [2.05, 4.69) is 16.0 Å². The lowest BCUT2D eigenvalue weighted by molar-refractivity contribution is -0.384. The molecule has 3 rings (SSSR count). The first-order valence-electron chi connectivity index (χ1n) is 12.2. The Kier molecular flexibility index (Phi) is 10.8. The van der Waals surface area contributed by atoms with Gasteiger partial charge in [0.2, 0.25) is 11.8 Å². The van der Waals surface area contributed by atoms with E-state index in [0.29, 0.717) is 37.1 Å². The maximum atomic E-state index is 12.9. The SMILES string of the molecule is O=C(Cc1ccc([N+](=O)[O-])cc1)NCCCC[C@H](NC(=O)OCc1ccccc1)C(=O)Nc1ccccc1. The third kappa shape index (κ3) is 9.73. The first kappa shape index (κ1) is 27.9. The summed E-state index contributed by atoms with van der Waals surface area (Å²) in [6, 6.07) is 23.2. The van der Waals surface area contributed by atoms with Crippen molar-refractivity contribution in [2.45, 2.75) is 38.3 Å². The highest BCUT2D eigenvalue weighted by Gasteiger charge is 2.21. The highest BCUT2D eigenvalue weighted by molar-refractivity contribution is 5.96. The molecule has 3 N–H and O–H groups in total. The summed E-state index contributed by atoms with van der Waals surface area (Å²) < 4.78 is 5.27. The largest absolute Gasteiger partial charge is 0.445 e. The number of nitrogens with one attached hydrogen (secondary N) is 3. The molecule has 0 aliphatic heterocycles. The Balaban J connectivity index is 1.45. The van der Waals surface area contributed by atoms with Crippen LogP contribution in [0, 0.1) is 10.1 Å². The Bertz CT molecular complexity index is 1200. The van der Waals surface area contributed by atoms with Crippen molar-refractivity contribution in [2.75, 3.05) is 11.9 Å². The van der Waals surface area contributed by atoms with E-state index in [1.807, 2.05) is 36.4 Å². The van der Waals surface area contributed by atoms with E-state index < -0.39 is 17.1 Å². The number of carbonyl (C=O) groups is 3. The van der Waals surface area contributed by atoms with Gasteiger partial charge in [-0.3, -0.25) is 19.7 Å². The molecule has 0 spiro atoms. The zero-order valence-corrected chi connectivity index (χ0v) is 20.8. The number of alkyl carbamates (subject to hydrolysis) is 1. The zero-order chi connectivity index (χ0) is 27.2. The van der Waals surface area contributed by atoms with Crippen LogP contribution in [0.2, 0.25) is 0 Å². The van der Waals surface area contributed by atoms with Crippen LogP contribution in [0.15, 0.2) is 84.9 Å². The van der Waals surface area contributed by atoms with Crippen molar-refractivity contribution in [3.8, 4) is 0 Å². The Morgan fingerprint density at radius 2 is 1.50 bits per heavy atom. The molecular formula is C28H30N4O6. The molecule has 0 saturated heterocycles. The summed E-state index contributed by atoms with van der Waals surface area (Å²) >= 11 is 0. The second-order valence-electron chi connectivity index (χ2n) is 8.56. The lowest BCUT2D eigenvalue weighted by Gasteiger charge is -2.18. The van der Waals surface area contributed by atoms with E-state index in [9.17, 15) is 24.5 Å². The number of ether oxygens (including phenoxy) is 1. The summed E-state index contributed by atoms with van der Waals surface area (Å²) in [6.07, 6.45) is 0.899. The number of anilines is 1. The van der Waals surface area contributed by atoms with Crippen LogP contribution in [-0.2, 0) is 27.4 Å². The van der Waals surface area contributed by atoms with Gasteiger partial charge in [0, 0.05) is 24.4 Å². The number of hydrogen-bond acceptors (Lipinski definition) is 6. The van der Waals surface area contributed by atoms with E-state index in [0.717, 1.165) is 5.56 Å². The predicted octanol–water partition coefficient (Wildman–Crippen LogP) is 4.36. The molecule has 0 aliphatic rings. The molecule has 0 fully saturated rings. The number of nitro groups is 1. The first-order chi connectivity index (χ1) is 18.4. The smallest absolute Gasteiger partial charge is 0.408 e. The molecular weight excluding hydrogens is 488 g/mol. The van der Waals surface area contributed by atoms with Crippen LogP contribution in [0.25, 0.3) is 0 Å². The number of carbonyl (C=O) groups excluding carboxylic acids is 3. The normalized spacial score (nSPS) is 11.2. The average Bonchev–Trinajstić information content (AvgIpc) is 2.92. The molecule has 0 radical (unpaired) electrons. The number of non-ortho nitro benzene ring substituents is 1. The van der Waals surface area contributed by atoms with E-state index in [4.69, 9.17) is 4.74 Å². The molecule has 0 heterocycles. The predicted molar refractivity (Wildman–Crippen MR) is 142 cm³/mol. The van der Waals surface area contributed by atoms with E-state index in [-0.39, 0.29) is 30.5 Å². The van der Waals surface area contributed by atoms with Crippen LogP contribution in [-0.4, -0.2) is 35.4 Å². The zero-order valence-electron chi connectivity index (χ0n) is 20.8. The lowest BCUT2D eigenvalue weighted by atomic mass is 10.1. The molecule has 198 valence electrons. The molecule has 0 saturated carbocycles. The maximum absolute atomic E-state index is 12.9. The summed E-state index contributed by atoms with van der Waals surface area (Å²) in [4.78, 5) is 47.7. The highest BCUT2D eigenvalue weighted by Crippen LogP contribution is 2.13. The van der Waals surface area contributed by atoms with Gasteiger partial charge >= 0.3 is 6.09 Å². The first-order valence-corrected chi connectivity index (χ1v) is 12.2. The van der Waals surface area contributed by atoms with Crippen LogP contribution >= 0.6 is 0 Å². The topological polar surface area (TPSA) is 140 Å². The average molecular weight is 519 g/mol. The molecule has 3 aromatic rings. The number of rotatable bonds is 13. The van der Waals surface area contributed by atoms with Crippen LogP contribution < -0.4 is 16.0 Å². The molecule has 1 atom stereocenters. The summed E-state index contributed by atoms with van der Waals surface area (Å²) in [5, 5.41) is 19.0. The van der Waals surface area contributed by atoms with E-state index in [1.165, 1.54) is 12.1 Å². The molecule has 38 heavy (non-hydrogen) atoms. The van der Waals surface area contributed by atoms with Crippen molar-refractivity contribution < 1.29 is 24.0 Å². The summed E-state index contributed by atoms with van der Waals surface area (Å²) in [6.45, 7) is 0.470. The van der Waals surface area contributed by atoms with Crippen molar-refractivity contribution in [3.63, 3.8) is 0 Å². The molecule has 10 nitrogen and oxygen atoms in total. The number of unbranched alkanes of at least 4 members (excludes halogenated alkanes) is 1. The van der Waals surface area contributed by atoms with Gasteiger partial charge in [-0.25, -0.2) is 4.79 Å². The van der Waals surface area contributed by atoms with Crippen LogP contribution in [0.1, 0.15) is 30.4 Å². The van der Waals surface area contributed by atoms with Gasteiger partial charge in [0.25, 0.3) is 5.69 Å². The fraction of sp³-hybridized carbons (Fsp3) is 0.250. The van der Waals surface area contributed by atoms with Gasteiger partial charge in [0.15, 0.2) is 0 Å². The second-order valence-corrected chi connectivity index (χ2v) is 8.56. The molecule has 0 aromatic heterocycles. The van der Waals surface area contributed by atoms with Gasteiger partial charge in [-0.15, -0.1) is 0 Å². The minimum Gasteiger partial charge on any atom is -0.445 e. The summed E-state index contributed by atoms with van der Waals surface area (Å²) in [7, 11) is 0. The van der Waals surface area contributed by atoms with E-state index in [1.54, 1.807) is 36.4 Å². The molecule has 0 bridgehead atoms. The fourth-order valence-electron chi connectivity index (χ4n) is 3.61. The summed E-state index contributed by atoms with van der Waals surface area (Å²) in [5.74, 6) is -0.574. The standard InChI is InChI=1S/C28H30N4O6/c33-26(19-21-14-16-24(17-15-21)32(36)37)29-18-8-7-13-25(27(34)30-23-11-5-2-6-12-23)31-28(35)38-20-22-9-3-1-4-10-22/h1-6,9-12,14-17,25H,7-8,13,18-20H2,(H,29,33)(H,30,34)(H,31,35)/t25-/m0/s1. The third-order valence-corrected chi connectivity index (χ3v) is 5.62. The minimum absolute atomic E-state index is 0.0300. The van der Waals surface area contributed by atoms with Crippen LogP contribution in [0.4, 0.5) is 16.2 Å². The number of nitro benzene ring substituents is 1. The van der Waals surface area contributed by atoms with Crippen molar-refractivity contribution in [1.29, 1.82) is 0 Å². The summed E-state index contributed by atoms with van der Waals surface area (Å²) in [5.41, 5.74) is 2.08. The van der Waals surface area contributed by atoms with Gasteiger partial charge in [-0.05, 0) is 42.5 Å². The quantitative estimate of drug-likeness (QED) is 0.175. The second kappa shape index (κ2) is 14.7. The Hall–Kier alpha value is -4.73. The van der Waals surface area contributed by atoms with Gasteiger partial charge in [0.1, 0.15) is 12.6 Å². The molecule has 0 aliphatic carbocycles. The van der Waals surface area contributed by atoms with Crippen LogP contribution in [0.5, 0.6) is 0 Å². The minimum atomic E-state index is -0.825. The van der Waals surface area contributed by atoms with E-state index >= 15 is 0 Å². The molecule has 0 unspecified atom stereocenters. The molecule has 3 aromatic carbocycles. The lowest BCUT2D eigenvalue weighted by Crippen LogP contribution is -2.44. The molecule has 3 amide bonds. The Morgan fingerprint density at radius 1 is 0.842 bits per heavy atom. The number of nitrogens with zero attached hydrogens (tertiary/aromatic N) is 1. The van der Waals surface area contributed by atoms with Crippen molar-refractivity contribution in [2.24, 2.45) is 0 Å². The van der Waals surface area contributed by atoms with Crippen molar-refractivity contribution in [1.82, 2.24) is 10.6 Å². The van der Waals surface area contributed by atoms with Crippen LogP contribution in [0.3, 0.4) is 0 Å². The highest BCUT2D eigenvalue weighted by atomic mass is 16.6. The fourth-order valence-corrected chi connectivity index (χ4v) is 3.61. The number of para-hydroxylation sites is 1. The van der Waals surface area contributed by atoms with Crippen molar-refractivity contribution >= 4 is 29.3 Å². The maximum Gasteiger partial charge on any atom is 0.408 e.